The number of carbonyl (C=O) groups is 4. The van der Waals surface area contributed by atoms with Gasteiger partial charge in [0, 0.05) is 11.5 Å². The molecule has 0 radical (unpaired) electrons. The second-order valence-corrected chi connectivity index (χ2v) is 14.8. The van der Waals surface area contributed by atoms with E-state index in [2.05, 4.69) is 12.3 Å². The van der Waals surface area contributed by atoms with Crippen LogP contribution >= 0.6 is 0 Å². The summed E-state index contributed by atoms with van der Waals surface area (Å²) in [5, 5.41) is 14.7. The topological polar surface area (TPSA) is 107 Å². The number of imide groups is 2. The molecule has 53 heavy (non-hydrogen) atoms. The number of hydrogen-bond acceptors (Lipinski definition) is 6. The maximum atomic E-state index is 15.5. The van der Waals surface area contributed by atoms with E-state index in [1.807, 2.05) is 122 Å². The van der Waals surface area contributed by atoms with Gasteiger partial charge in [-0.3, -0.25) is 29.5 Å². The summed E-state index contributed by atoms with van der Waals surface area (Å²) in [4.78, 5) is 60.6. The van der Waals surface area contributed by atoms with E-state index in [0.717, 1.165) is 38.9 Å². The van der Waals surface area contributed by atoms with Crippen LogP contribution in [0.3, 0.4) is 0 Å². The molecule has 2 saturated heterocycles. The lowest BCUT2D eigenvalue weighted by molar-refractivity contribution is -0.138. The molecule has 0 spiro atoms. The molecule has 5 aromatic carbocycles. The SMILES string of the molecule is CCc1ccc(N2C(=O)[C@H]3[C@H](CC=C4[C@H]3C[C@H]3C(=O)N(Nc5ccc(C)cc5)C(=O)[C@@]3(c3ccccc3)[C@H]4c3c(O)ccc4ccccc34)C2=O)cc1. The van der Waals surface area contributed by atoms with Crippen LogP contribution in [0.1, 0.15) is 47.9 Å². The summed E-state index contributed by atoms with van der Waals surface area (Å²) in [5.74, 6) is -5.00. The lowest BCUT2D eigenvalue weighted by Gasteiger charge is -2.51. The number of phenolic OH excluding ortho intramolecular Hbond substituents is 1. The first-order valence-corrected chi connectivity index (χ1v) is 18.4. The molecule has 0 bridgehead atoms. The first kappa shape index (κ1) is 32.9. The number of hydrazine groups is 1. The molecule has 4 aliphatic rings. The summed E-state index contributed by atoms with van der Waals surface area (Å²) in [6.45, 7) is 4.02. The van der Waals surface area contributed by atoms with Crippen molar-refractivity contribution in [3.05, 3.63) is 149 Å². The molecule has 2 aliphatic carbocycles. The smallest absolute Gasteiger partial charge is 0.260 e. The highest BCUT2D eigenvalue weighted by molar-refractivity contribution is 6.22. The Balaban J connectivity index is 1.27. The van der Waals surface area contributed by atoms with Crippen LogP contribution in [0.15, 0.2) is 127 Å². The Labute approximate surface area is 307 Å². The highest BCUT2D eigenvalue weighted by atomic mass is 16.3. The monoisotopic (exact) mass is 701 g/mol. The van der Waals surface area contributed by atoms with Crippen LogP contribution < -0.4 is 10.3 Å². The average molecular weight is 702 g/mol. The summed E-state index contributed by atoms with van der Waals surface area (Å²) >= 11 is 0. The third kappa shape index (κ3) is 4.74. The Hall–Kier alpha value is -6.02. The summed E-state index contributed by atoms with van der Waals surface area (Å²) in [6.07, 6.45) is 3.34. The number of allylic oxidation sites excluding steroid dienone is 2. The maximum absolute atomic E-state index is 15.5. The zero-order valence-electron chi connectivity index (χ0n) is 29.5. The number of aromatic hydroxyl groups is 1. The fourth-order valence-corrected chi connectivity index (χ4v) is 9.78. The molecule has 2 heterocycles. The van der Waals surface area contributed by atoms with E-state index in [1.165, 1.54) is 4.90 Å². The van der Waals surface area contributed by atoms with Crippen molar-refractivity contribution in [3.8, 4) is 5.75 Å². The molecule has 1 saturated carbocycles. The van der Waals surface area contributed by atoms with Gasteiger partial charge in [0.1, 0.15) is 5.75 Å². The highest BCUT2D eigenvalue weighted by Crippen LogP contribution is 2.65. The number of nitrogens with zero attached hydrogens (tertiary/aromatic N) is 2. The van der Waals surface area contributed by atoms with Gasteiger partial charge in [0.25, 0.3) is 11.8 Å². The number of amides is 4. The number of fused-ring (bicyclic) bond motifs is 5. The van der Waals surface area contributed by atoms with Crippen molar-refractivity contribution in [1.29, 1.82) is 0 Å². The van der Waals surface area contributed by atoms with Crippen LogP contribution in [0.4, 0.5) is 11.4 Å². The van der Waals surface area contributed by atoms with E-state index in [4.69, 9.17) is 0 Å². The van der Waals surface area contributed by atoms with Crippen molar-refractivity contribution in [2.24, 2.45) is 23.7 Å². The molecule has 3 fully saturated rings. The van der Waals surface area contributed by atoms with Crippen LogP contribution in [-0.2, 0) is 31.0 Å². The molecule has 2 aliphatic heterocycles. The number of hydrogen-bond donors (Lipinski definition) is 2. The van der Waals surface area contributed by atoms with Gasteiger partial charge >= 0.3 is 0 Å². The van der Waals surface area contributed by atoms with Gasteiger partial charge in [0.15, 0.2) is 0 Å². The van der Waals surface area contributed by atoms with Crippen LogP contribution in [0, 0.1) is 30.6 Å². The van der Waals surface area contributed by atoms with Gasteiger partial charge in [-0.25, -0.2) is 0 Å². The normalized spacial score (nSPS) is 26.4. The van der Waals surface area contributed by atoms with Gasteiger partial charge in [-0.2, -0.15) is 5.01 Å². The molecule has 8 nitrogen and oxygen atoms in total. The lowest BCUT2D eigenvalue weighted by Crippen LogP contribution is -2.53. The second kappa shape index (κ2) is 12.3. The first-order valence-electron chi connectivity index (χ1n) is 18.4. The maximum Gasteiger partial charge on any atom is 0.260 e. The number of nitrogens with one attached hydrogen (secondary N) is 1. The third-order valence-corrected chi connectivity index (χ3v) is 12.2. The summed E-state index contributed by atoms with van der Waals surface area (Å²) in [5.41, 5.74) is 6.92. The van der Waals surface area contributed by atoms with Crippen molar-refractivity contribution in [2.75, 3.05) is 10.3 Å². The van der Waals surface area contributed by atoms with Gasteiger partial charge in [0.2, 0.25) is 11.8 Å². The summed E-state index contributed by atoms with van der Waals surface area (Å²) < 4.78 is 0. The van der Waals surface area contributed by atoms with Crippen molar-refractivity contribution >= 4 is 45.8 Å². The molecule has 6 atom stereocenters. The van der Waals surface area contributed by atoms with Crippen LogP contribution in [0.25, 0.3) is 10.8 Å². The number of benzene rings is 5. The molecule has 2 N–H and O–H groups in total. The van der Waals surface area contributed by atoms with Gasteiger partial charge in [0.05, 0.1) is 34.5 Å². The summed E-state index contributed by atoms with van der Waals surface area (Å²) in [7, 11) is 0. The van der Waals surface area contributed by atoms with Gasteiger partial charge in [-0.05, 0) is 84.3 Å². The zero-order valence-corrected chi connectivity index (χ0v) is 29.5. The fraction of sp³-hybridized carbons (Fsp3) is 0.244. The first-order chi connectivity index (χ1) is 25.7. The number of carbonyl (C=O) groups excluding carboxylic acids is 4. The Bertz CT molecular complexity index is 2350. The predicted octanol–water partition coefficient (Wildman–Crippen LogP) is 7.61. The van der Waals surface area contributed by atoms with E-state index in [9.17, 15) is 19.5 Å². The van der Waals surface area contributed by atoms with E-state index in [-0.39, 0.29) is 24.0 Å². The minimum absolute atomic E-state index is 0.00286. The number of anilines is 2. The molecule has 4 amide bonds. The minimum atomic E-state index is -1.48. The fourth-order valence-electron chi connectivity index (χ4n) is 9.78. The van der Waals surface area contributed by atoms with Gasteiger partial charge in [-0.15, -0.1) is 0 Å². The molecule has 8 heteroatoms. The van der Waals surface area contributed by atoms with E-state index < -0.39 is 46.8 Å². The molecule has 5 aromatic rings. The number of rotatable bonds is 6. The third-order valence-electron chi connectivity index (χ3n) is 12.2. The standard InChI is InChI=1S/C45H39N3O5/c1-3-27-15-20-31(21-16-27)47-41(50)34-23-22-33-35(38(34)43(47)52)25-36-42(51)48(46-30-18-13-26(2)14-19-30)44(53)45(36,29-10-5-4-6-11-29)40(33)39-32-12-8-7-9-28(32)17-24-37(39)49/h4-22,24,34-36,38,40,46,49H,3,23,25H2,1-2H3/t34-,35+,36-,38-,40+,45+/m0/s1. The van der Waals surface area contributed by atoms with E-state index in [0.29, 0.717) is 28.9 Å². The molecule has 264 valence electrons. The number of phenols is 1. The highest BCUT2D eigenvalue weighted by Gasteiger charge is 2.70. The predicted molar refractivity (Wildman–Crippen MR) is 203 cm³/mol. The Morgan fingerprint density at radius 3 is 2.23 bits per heavy atom. The van der Waals surface area contributed by atoms with Crippen LogP contribution in [0.2, 0.25) is 0 Å². The van der Waals surface area contributed by atoms with E-state index in [1.54, 1.807) is 6.07 Å². The van der Waals surface area contributed by atoms with E-state index >= 15 is 4.79 Å². The van der Waals surface area contributed by atoms with Crippen molar-refractivity contribution in [1.82, 2.24) is 5.01 Å². The van der Waals surface area contributed by atoms with Crippen molar-refractivity contribution in [2.45, 2.75) is 44.4 Å². The number of aryl methyl sites for hydroxylation is 2. The average Bonchev–Trinajstić information content (AvgIpc) is 3.57. The van der Waals surface area contributed by atoms with Gasteiger partial charge in [-0.1, -0.05) is 109 Å². The summed E-state index contributed by atoms with van der Waals surface area (Å²) in [6, 6.07) is 35.6. The molecule has 0 aromatic heterocycles. The minimum Gasteiger partial charge on any atom is -0.508 e. The molecular formula is C45H39N3O5. The van der Waals surface area contributed by atoms with Crippen molar-refractivity contribution in [3.63, 3.8) is 0 Å². The Kier molecular flexibility index (Phi) is 7.62. The Morgan fingerprint density at radius 2 is 1.49 bits per heavy atom. The Morgan fingerprint density at radius 1 is 0.774 bits per heavy atom. The zero-order chi connectivity index (χ0) is 36.6. The van der Waals surface area contributed by atoms with Crippen LogP contribution in [0.5, 0.6) is 5.75 Å². The van der Waals surface area contributed by atoms with Gasteiger partial charge < -0.3 is 5.11 Å². The molecule has 9 rings (SSSR count). The quantitative estimate of drug-likeness (QED) is 0.140. The molecule has 0 unspecified atom stereocenters. The molecular weight excluding hydrogens is 663 g/mol. The largest absolute Gasteiger partial charge is 0.508 e. The lowest BCUT2D eigenvalue weighted by atomic mass is 9.48. The van der Waals surface area contributed by atoms with Crippen LogP contribution in [-0.4, -0.2) is 33.7 Å². The van der Waals surface area contributed by atoms with Crippen molar-refractivity contribution < 1.29 is 24.3 Å². The second-order valence-electron chi connectivity index (χ2n) is 14.8.